The van der Waals surface area contributed by atoms with Gasteiger partial charge in [0.15, 0.2) is 5.79 Å². The van der Waals surface area contributed by atoms with Gasteiger partial charge in [-0.05, 0) is 72.5 Å². The zero-order chi connectivity index (χ0) is 21.6. The summed E-state index contributed by atoms with van der Waals surface area (Å²) in [5.74, 6) is -0.578. The fourth-order valence-corrected chi connectivity index (χ4v) is 5.22. The highest BCUT2D eigenvalue weighted by molar-refractivity contribution is 14.1. The highest BCUT2D eigenvalue weighted by Gasteiger charge is 2.64. The molecule has 1 aromatic rings. The Balaban J connectivity index is 1.40. The number of carbonyl (C=O) groups is 2. The minimum absolute atomic E-state index is 0.137. The summed E-state index contributed by atoms with van der Waals surface area (Å²) in [5.41, 5.74) is 0.972. The quantitative estimate of drug-likeness (QED) is 0.409. The van der Waals surface area contributed by atoms with Crippen molar-refractivity contribution in [3.05, 3.63) is 45.0 Å². The topological polar surface area (TPSA) is 94.1 Å². The van der Waals surface area contributed by atoms with E-state index in [-0.39, 0.29) is 25.5 Å². The van der Waals surface area contributed by atoms with Gasteiger partial charge in [-0.1, -0.05) is 6.07 Å². The predicted molar refractivity (Wildman–Crippen MR) is 119 cm³/mol. The molecule has 1 saturated heterocycles. The zero-order valence-electron chi connectivity index (χ0n) is 17.1. The van der Waals surface area contributed by atoms with E-state index >= 15 is 0 Å². The van der Waals surface area contributed by atoms with Gasteiger partial charge in [0.05, 0.1) is 12.2 Å². The molecule has 8 heteroatoms. The zero-order valence-corrected chi connectivity index (χ0v) is 19.2. The van der Waals surface area contributed by atoms with Crippen LogP contribution in [0.2, 0.25) is 0 Å². The van der Waals surface area contributed by atoms with Crippen LogP contribution < -0.4 is 5.32 Å². The number of ether oxygens (including phenoxy) is 3. The Kier molecular flexibility index (Phi) is 5.83. The lowest BCUT2D eigenvalue weighted by atomic mass is 9.91. The molecule has 2 N–H and O–H groups in total. The van der Waals surface area contributed by atoms with E-state index in [4.69, 9.17) is 19.3 Å². The SMILES string of the molecule is O=C(NCCO)C1=C[C@H]2OC(C3CC3)(C3CC3)O[C@H]2[C@H](OC(=O)c2cccc(I)c2)C1. The van der Waals surface area contributed by atoms with Crippen molar-refractivity contribution in [2.24, 2.45) is 11.8 Å². The van der Waals surface area contributed by atoms with Gasteiger partial charge in [-0.25, -0.2) is 4.79 Å². The van der Waals surface area contributed by atoms with Crippen LogP contribution in [-0.2, 0) is 19.0 Å². The first-order valence-corrected chi connectivity index (χ1v) is 12.0. The van der Waals surface area contributed by atoms with Gasteiger partial charge in [-0.15, -0.1) is 0 Å². The van der Waals surface area contributed by atoms with Crippen molar-refractivity contribution >= 4 is 34.5 Å². The van der Waals surface area contributed by atoms with Crippen molar-refractivity contribution < 1.29 is 28.9 Å². The van der Waals surface area contributed by atoms with E-state index in [1.807, 2.05) is 18.2 Å². The monoisotopic (exact) mass is 539 g/mol. The summed E-state index contributed by atoms with van der Waals surface area (Å²) in [6, 6.07) is 7.22. The Morgan fingerprint density at radius 2 is 1.94 bits per heavy atom. The van der Waals surface area contributed by atoms with E-state index < -0.39 is 30.1 Å². The van der Waals surface area contributed by atoms with Gasteiger partial charge in [0, 0.05) is 33.9 Å². The Morgan fingerprint density at radius 3 is 2.58 bits per heavy atom. The number of amides is 1. The molecule has 3 atom stereocenters. The van der Waals surface area contributed by atoms with Crippen LogP contribution >= 0.6 is 22.6 Å². The first-order valence-electron chi connectivity index (χ1n) is 10.9. The minimum atomic E-state index is -0.616. The Hall–Kier alpha value is -1.49. The van der Waals surface area contributed by atoms with E-state index in [1.54, 1.807) is 12.1 Å². The molecule has 2 saturated carbocycles. The molecular formula is C23H26INO6. The number of aliphatic hydroxyl groups excluding tert-OH is 1. The van der Waals surface area contributed by atoms with Crippen LogP contribution in [0.1, 0.15) is 42.5 Å². The van der Waals surface area contributed by atoms with Gasteiger partial charge in [-0.2, -0.15) is 0 Å². The number of hydrogen-bond acceptors (Lipinski definition) is 6. The minimum Gasteiger partial charge on any atom is -0.456 e. The summed E-state index contributed by atoms with van der Waals surface area (Å²) in [4.78, 5) is 25.5. The number of nitrogens with one attached hydrogen (secondary N) is 1. The molecule has 0 bridgehead atoms. The lowest BCUT2D eigenvalue weighted by molar-refractivity contribution is -0.209. The maximum Gasteiger partial charge on any atom is 0.338 e. The molecule has 1 amide bonds. The number of fused-ring (bicyclic) bond motifs is 1. The molecule has 0 radical (unpaired) electrons. The number of halogens is 1. The summed E-state index contributed by atoms with van der Waals surface area (Å²) in [6.45, 7) is 0.0326. The summed E-state index contributed by atoms with van der Waals surface area (Å²) < 4.78 is 19.9. The van der Waals surface area contributed by atoms with Crippen molar-refractivity contribution in [2.75, 3.05) is 13.2 Å². The molecule has 3 fully saturated rings. The third-order valence-corrected chi connectivity index (χ3v) is 7.09. The van der Waals surface area contributed by atoms with Crippen LogP contribution in [0.5, 0.6) is 0 Å². The standard InChI is InChI=1S/C23H26INO6/c24-17-3-1-2-13(10-17)22(28)29-18-11-14(21(27)25-8-9-26)12-19-20(18)31-23(30-19,15-4-5-15)16-6-7-16/h1-3,10,12,15-16,18-20,26H,4-9,11H2,(H,25,27)/t18-,19-,20+/m1/s1. The van der Waals surface area contributed by atoms with Crippen LogP contribution in [-0.4, -0.2) is 54.2 Å². The molecule has 1 heterocycles. The normalized spacial score (nSPS) is 29.1. The van der Waals surface area contributed by atoms with Gasteiger partial charge in [-0.3, -0.25) is 4.79 Å². The molecule has 4 aliphatic rings. The highest BCUT2D eigenvalue weighted by atomic mass is 127. The van der Waals surface area contributed by atoms with E-state index in [2.05, 4.69) is 27.9 Å². The van der Waals surface area contributed by atoms with E-state index in [1.165, 1.54) is 0 Å². The van der Waals surface area contributed by atoms with Crippen LogP contribution in [0.4, 0.5) is 0 Å². The third kappa shape index (κ3) is 4.27. The van der Waals surface area contributed by atoms with Crippen molar-refractivity contribution in [1.29, 1.82) is 0 Å². The van der Waals surface area contributed by atoms with Crippen LogP contribution in [0.3, 0.4) is 0 Å². The van der Waals surface area contributed by atoms with Crippen molar-refractivity contribution in [3.63, 3.8) is 0 Å². The van der Waals surface area contributed by atoms with Gasteiger partial charge >= 0.3 is 5.97 Å². The number of aliphatic hydroxyl groups is 1. The molecular weight excluding hydrogens is 513 g/mol. The van der Waals surface area contributed by atoms with E-state index in [0.717, 1.165) is 29.3 Å². The molecule has 0 spiro atoms. The maximum atomic E-state index is 12.9. The lowest BCUT2D eigenvalue weighted by Gasteiger charge is -2.31. The van der Waals surface area contributed by atoms with Gasteiger partial charge in [0.25, 0.3) is 0 Å². The number of carbonyl (C=O) groups excluding carboxylic acids is 2. The molecule has 1 aromatic carbocycles. The average molecular weight is 539 g/mol. The van der Waals surface area contributed by atoms with E-state index in [9.17, 15) is 9.59 Å². The first-order chi connectivity index (χ1) is 15.0. The molecule has 166 valence electrons. The van der Waals surface area contributed by atoms with Gasteiger partial charge in [0.1, 0.15) is 18.3 Å². The second-order valence-corrected chi connectivity index (χ2v) is 10.0. The summed E-state index contributed by atoms with van der Waals surface area (Å²) in [6.07, 6.45) is 4.91. The number of esters is 1. The molecule has 7 nitrogen and oxygen atoms in total. The highest BCUT2D eigenvalue weighted by Crippen LogP contribution is 2.59. The lowest BCUT2D eigenvalue weighted by Crippen LogP contribution is -2.44. The molecule has 1 aliphatic heterocycles. The molecule has 31 heavy (non-hydrogen) atoms. The Morgan fingerprint density at radius 1 is 1.19 bits per heavy atom. The smallest absolute Gasteiger partial charge is 0.338 e. The first kappa shape index (κ1) is 21.4. The van der Waals surface area contributed by atoms with E-state index in [0.29, 0.717) is 23.0 Å². The number of rotatable bonds is 7. The summed E-state index contributed by atoms with van der Waals surface area (Å²) in [7, 11) is 0. The van der Waals surface area contributed by atoms with Gasteiger partial charge in [0.2, 0.25) is 5.91 Å². The van der Waals surface area contributed by atoms with Crippen molar-refractivity contribution in [1.82, 2.24) is 5.32 Å². The van der Waals surface area contributed by atoms with Crippen LogP contribution in [0.15, 0.2) is 35.9 Å². The molecule has 0 unspecified atom stereocenters. The number of benzene rings is 1. The maximum absolute atomic E-state index is 12.9. The number of hydrogen-bond donors (Lipinski definition) is 2. The van der Waals surface area contributed by atoms with Gasteiger partial charge < -0.3 is 24.6 Å². The summed E-state index contributed by atoms with van der Waals surface area (Å²) >= 11 is 2.16. The predicted octanol–water partition coefficient (Wildman–Crippen LogP) is 2.56. The second-order valence-electron chi connectivity index (χ2n) is 8.76. The molecule has 5 rings (SSSR count). The third-order valence-electron chi connectivity index (χ3n) is 6.42. The van der Waals surface area contributed by atoms with Crippen LogP contribution in [0.25, 0.3) is 0 Å². The summed E-state index contributed by atoms with van der Waals surface area (Å²) in [5, 5.41) is 11.7. The van der Waals surface area contributed by atoms with Crippen LogP contribution in [0, 0.1) is 15.4 Å². The fourth-order valence-electron chi connectivity index (χ4n) is 4.67. The van der Waals surface area contributed by atoms with Crippen molar-refractivity contribution in [2.45, 2.75) is 56.2 Å². The Bertz CT molecular complexity index is 897. The Labute approximate surface area is 194 Å². The van der Waals surface area contributed by atoms with Crippen molar-refractivity contribution in [3.8, 4) is 0 Å². The largest absolute Gasteiger partial charge is 0.456 e. The fraction of sp³-hybridized carbons (Fsp3) is 0.565. The molecule has 0 aromatic heterocycles. The molecule has 3 aliphatic carbocycles. The second kappa shape index (κ2) is 8.46. The average Bonchev–Trinajstić information content (AvgIpc) is 3.68.